The monoisotopic (exact) mass is 460 g/mol. The van der Waals surface area contributed by atoms with Crippen LogP contribution in [-0.4, -0.2) is 60.8 Å². The number of aryl methyl sites for hydroxylation is 1. The van der Waals surface area contributed by atoms with Crippen molar-refractivity contribution in [3.8, 4) is 0 Å². The van der Waals surface area contributed by atoms with E-state index in [0.29, 0.717) is 42.5 Å². The average Bonchev–Trinajstić information content (AvgIpc) is 3.30. The Labute approximate surface area is 182 Å². The van der Waals surface area contributed by atoms with Crippen LogP contribution in [0.25, 0.3) is 0 Å². The Kier molecular flexibility index (Phi) is 7.05. The Hall–Kier alpha value is -1.81. The minimum absolute atomic E-state index is 0.202. The van der Waals surface area contributed by atoms with Gasteiger partial charge in [-0.3, -0.25) is 4.79 Å². The number of hydrogen-bond donors (Lipinski definition) is 2. The molecule has 8 nitrogen and oxygen atoms in total. The van der Waals surface area contributed by atoms with Gasteiger partial charge in [0.05, 0.1) is 28.8 Å². The van der Waals surface area contributed by atoms with Crippen LogP contribution in [0.1, 0.15) is 40.0 Å². The minimum atomic E-state index is -0.433. The Morgan fingerprint density at radius 2 is 2.17 bits per heavy atom. The molecule has 0 aromatic carbocycles. The third-order valence-electron chi connectivity index (χ3n) is 4.71. The second kappa shape index (κ2) is 9.34. The van der Waals surface area contributed by atoms with Gasteiger partial charge in [-0.15, -0.1) is 11.3 Å². The number of carbonyl (C=O) groups is 2. The van der Waals surface area contributed by atoms with Crippen LogP contribution in [0.3, 0.4) is 0 Å². The topological polar surface area (TPSA) is 96.6 Å². The lowest BCUT2D eigenvalue weighted by Crippen LogP contribution is -2.55. The Bertz CT molecular complexity index is 901. The van der Waals surface area contributed by atoms with Crippen LogP contribution in [-0.2, 0) is 9.47 Å². The van der Waals surface area contributed by atoms with Crippen LogP contribution in [0, 0.1) is 6.92 Å². The molecule has 2 atom stereocenters. The van der Waals surface area contributed by atoms with E-state index in [-0.39, 0.29) is 28.8 Å². The highest BCUT2D eigenvalue weighted by atomic mass is 35.5. The highest BCUT2D eigenvalue weighted by molar-refractivity contribution is 7.13. The summed E-state index contributed by atoms with van der Waals surface area (Å²) in [5, 5.41) is 5.93. The van der Waals surface area contributed by atoms with E-state index in [1.807, 2.05) is 4.90 Å². The van der Waals surface area contributed by atoms with Gasteiger partial charge in [-0.2, -0.15) is 0 Å². The van der Waals surface area contributed by atoms with Gasteiger partial charge in [-0.05, 0) is 20.3 Å². The third kappa shape index (κ3) is 4.69. The molecule has 2 aromatic heterocycles. The molecule has 2 N–H and O–H groups in total. The van der Waals surface area contributed by atoms with E-state index in [1.54, 1.807) is 26.3 Å². The average molecular weight is 461 g/mol. The van der Waals surface area contributed by atoms with Gasteiger partial charge >= 0.3 is 5.97 Å². The second-order valence-corrected chi connectivity index (χ2v) is 8.17. The van der Waals surface area contributed by atoms with Crippen LogP contribution >= 0.6 is 34.5 Å². The summed E-state index contributed by atoms with van der Waals surface area (Å²) in [6.45, 7) is 4.98. The predicted molar refractivity (Wildman–Crippen MR) is 113 cm³/mol. The zero-order valence-corrected chi connectivity index (χ0v) is 18.6. The van der Waals surface area contributed by atoms with Crippen molar-refractivity contribution in [1.82, 2.24) is 15.3 Å². The van der Waals surface area contributed by atoms with E-state index in [0.717, 1.165) is 5.13 Å². The molecule has 11 heteroatoms. The summed E-state index contributed by atoms with van der Waals surface area (Å²) in [6, 6.07) is -0.202. The summed E-state index contributed by atoms with van der Waals surface area (Å²) in [6.07, 6.45) is 0.386. The van der Waals surface area contributed by atoms with Crippen molar-refractivity contribution in [2.24, 2.45) is 0 Å². The summed E-state index contributed by atoms with van der Waals surface area (Å²) in [7, 11) is 1.60. The van der Waals surface area contributed by atoms with Crippen LogP contribution in [0.2, 0.25) is 10.0 Å². The predicted octanol–water partition coefficient (Wildman–Crippen LogP) is 3.29. The van der Waals surface area contributed by atoms with Crippen molar-refractivity contribution < 1.29 is 19.1 Å². The van der Waals surface area contributed by atoms with Gasteiger partial charge in [0.1, 0.15) is 5.69 Å². The Morgan fingerprint density at radius 1 is 1.41 bits per heavy atom. The second-order valence-electron chi connectivity index (χ2n) is 6.58. The van der Waals surface area contributed by atoms with Gasteiger partial charge in [0.25, 0.3) is 5.91 Å². The molecule has 1 fully saturated rings. The molecule has 1 aliphatic rings. The van der Waals surface area contributed by atoms with Gasteiger partial charge < -0.3 is 24.7 Å². The van der Waals surface area contributed by atoms with Crippen LogP contribution < -0.4 is 10.2 Å². The van der Waals surface area contributed by atoms with E-state index < -0.39 is 5.97 Å². The Morgan fingerprint density at radius 3 is 2.79 bits per heavy atom. The molecule has 0 saturated carbocycles. The first-order valence-electron chi connectivity index (χ1n) is 9.10. The maximum Gasteiger partial charge on any atom is 0.357 e. The molecule has 1 aliphatic heterocycles. The number of H-pyrrole nitrogens is 1. The van der Waals surface area contributed by atoms with Gasteiger partial charge in [-0.25, -0.2) is 9.78 Å². The molecule has 0 spiro atoms. The lowest BCUT2D eigenvalue weighted by atomic mass is 10.0. The zero-order chi connectivity index (χ0) is 21.1. The van der Waals surface area contributed by atoms with E-state index in [9.17, 15) is 9.59 Å². The molecule has 0 radical (unpaired) electrons. The zero-order valence-electron chi connectivity index (χ0n) is 16.3. The summed E-state index contributed by atoms with van der Waals surface area (Å²) in [4.78, 5) is 33.8. The summed E-state index contributed by atoms with van der Waals surface area (Å²) < 4.78 is 10.6. The number of anilines is 1. The molecule has 158 valence electrons. The SMILES string of the molecule is CCOC(=O)c1csc(N2CC[C@@H](NC(=O)c3[nH]c(C)c(Cl)c3Cl)[C@@H](OC)C2)n1. The molecule has 2 aromatic rings. The summed E-state index contributed by atoms with van der Waals surface area (Å²) in [5.74, 6) is -0.762. The smallest absolute Gasteiger partial charge is 0.357 e. The van der Waals surface area contributed by atoms with Gasteiger partial charge in [-0.1, -0.05) is 23.2 Å². The molecule has 3 rings (SSSR count). The highest BCUT2D eigenvalue weighted by Gasteiger charge is 2.33. The molecular weight excluding hydrogens is 439 g/mol. The molecule has 29 heavy (non-hydrogen) atoms. The molecule has 0 bridgehead atoms. The fourth-order valence-corrected chi connectivity index (χ4v) is 4.42. The number of amides is 1. The first-order chi connectivity index (χ1) is 13.8. The van der Waals surface area contributed by atoms with Crippen LogP contribution in [0.4, 0.5) is 5.13 Å². The standard InChI is InChI=1S/C18H22Cl2N4O4S/c1-4-28-17(26)11-8-29-18(23-11)24-6-5-10(12(7-24)27-3)22-16(25)15-14(20)13(19)9(2)21-15/h8,10,12,21H,4-7H2,1-3H3,(H,22,25)/t10-,12+/m1/s1. The third-order valence-corrected chi connectivity index (χ3v) is 6.56. The van der Waals surface area contributed by atoms with Crippen molar-refractivity contribution in [2.75, 3.05) is 31.7 Å². The highest BCUT2D eigenvalue weighted by Crippen LogP contribution is 2.30. The van der Waals surface area contributed by atoms with Gasteiger partial charge in [0.2, 0.25) is 0 Å². The number of esters is 1. The minimum Gasteiger partial charge on any atom is -0.461 e. The lowest BCUT2D eigenvalue weighted by Gasteiger charge is -2.37. The number of carbonyl (C=O) groups excluding carboxylic acids is 2. The number of nitrogens with zero attached hydrogens (tertiary/aromatic N) is 2. The normalized spacial score (nSPS) is 19.3. The molecule has 0 unspecified atom stereocenters. The number of aromatic amines is 1. The lowest BCUT2D eigenvalue weighted by molar-refractivity contribution is 0.0517. The number of ether oxygens (including phenoxy) is 2. The van der Waals surface area contributed by atoms with Crippen LogP contribution in [0.15, 0.2) is 5.38 Å². The molecule has 0 aliphatic carbocycles. The van der Waals surface area contributed by atoms with Crippen molar-refractivity contribution in [2.45, 2.75) is 32.4 Å². The van der Waals surface area contributed by atoms with E-state index in [4.69, 9.17) is 32.7 Å². The number of rotatable bonds is 6. The number of aromatic nitrogens is 2. The van der Waals surface area contributed by atoms with Crippen molar-refractivity contribution in [3.05, 3.63) is 32.5 Å². The summed E-state index contributed by atoms with van der Waals surface area (Å²) in [5.41, 5.74) is 1.18. The van der Waals surface area contributed by atoms with E-state index >= 15 is 0 Å². The molecule has 1 saturated heterocycles. The van der Waals surface area contributed by atoms with E-state index in [1.165, 1.54) is 11.3 Å². The first-order valence-corrected chi connectivity index (χ1v) is 10.7. The largest absolute Gasteiger partial charge is 0.461 e. The van der Waals surface area contributed by atoms with E-state index in [2.05, 4.69) is 15.3 Å². The molecule has 3 heterocycles. The van der Waals surface area contributed by atoms with Crippen molar-refractivity contribution in [3.63, 3.8) is 0 Å². The number of nitrogens with one attached hydrogen (secondary N) is 2. The van der Waals surface area contributed by atoms with Crippen LogP contribution in [0.5, 0.6) is 0 Å². The van der Waals surface area contributed by atoms with Gasteiger partial charge in [0, 0.05) is 31.3 Å². The van der Waals surface area contributed by atoms with Crippen molar-refractivity contribution >= 4 is 51.5 Å². The Balaban J connectivity index is 1.66. The summed E-state index contributed by atoms with van der Waals surface area (Å²) >= 11 is 13.6. The van der Waals surface area contributed by atoms with Gasteiger partial charge in [0.15, 0.2) is 10.8 Å². The fraction of sp³-hybridized carbons (Fsp3) is 0.500. The molecular formula is C18H22Cl2N4O4S. The fourth-order valence-electron chi connectivity index (χ4n) is 3.17. The maximum absolute atomic E-state index is 12.6. The first kappa shape index (κ1) is 21.9. The number of thiazole rings is 1. The maximum atomic E-state index is 12.6. The number of halogens is 2. The quantitative estimate of drug-likeness (QED) is 0.641. The molecule has 1 amide bonds. The number of piperidine rings is 1. The number of methoxy groups -OCH3 is 1. The van der Waals surface area contributed by atoms with Crippen molar-refractivity contribution in [1.29, 1.82) is 0 Å². The number of hydrogen-bond acceptors (Lipinski definition) is 7.